The number of hydrogen-bond donors (Lipinski definition) is 1. The fraction of sp³-hybridized carbons (Fsp3) is 0.308. The number of benzene rings is 1. The van der Waals surface area contributed by atoms with Gasteiger partial charge in [0.15, 0.2) is 5.78 Å². The van der Waals surface area contributed by atoms with Crippen LogP contribution in [0.25, 0.3) is 0 Å². The van der Waals surface area contributed by atoms with Crippen LogP contribution in [0, 0.1) is 11.8 Å². The lowest BCUT2D eigenvalue weighted by atomic mass is 10.0. The van der Waals surface area contributed by atoms with Gasteiger partial charge in [0.1, 0.15) is 0 Å². The molecule has 0 saturated carbocycles. The highest BCUT2D eigenvalue weighted by molar-refractivity contribution is 7.80. The molecule has 1 aliphatic rings. The van der Waals surface area contributed by atoms with Gasteiger partial charge in [0.25, 0.3) is 0 Å². The van der Waals surface area contributed by atoms with E-state index in [9.17, 15) is 4.79 Å². The van der Waals surface area contributed by atoms with E-state index in [0.29, 0.717) is 6.42 Å². The zero-order valence-corrected chi connectivity index (χ0v) is 9.31. The van der Waals surface area contributed by atoms with Gasteiger partial charge in [0, 0.05) is 29.7 Å². The number of fused-ring (bicyclic) bond motifs is 1. The molecule has 1 aromatic rings. The second-order valence-corrected chi connectivity index (χ2v) is 3.98. The molecule has 0 amide bonds. The molecule has 0 aliphatic heterocycles. The highest BCUT2D eigenvalue weighted by atomic mass is 32.1. The number of hydrogen-bond acceptors (Lipinski definition) is 2. The molecule has 0 bridgehead atoms. The number of carbonyl (C=O) groups is 1. The van der Waals surface area contributed by atoms with E-state index in [1.807, 2.05) is 18.2 Å². The maximum atomic E-state index is 11.5. The lowest BCUT2D eigenvalue weighted by Gasteiger charge is -1.99. The average Bonchev–Trinajstić information content (AvgIpc) is 2.62. The van der Waals surface area contributed by atoms with Crippen LogP contribution in [0.3, 0.4) is 0 Å². The molecule has 0 atom stereocenters. The minimum absolute atomic E-state index is 0.253. The Kier molecular flexibility index (Phi) is 3.13. The standard InChI is InChI=1S/C13H12OS/c14-13-8-7-11-10(4-1-2-9-15)5-3-6-12(11)13/h3,5-6,15H,2,7-9H2. The van der Waals surface area contributed by atoms with Gasteiger partial charge in [-0.1, -0.05) is 24.0 Å². The SMILES string of the molecule is O=C1CCc2c(C#CCCS)cccc21. The van der Waals surface area contributed by atoms with Crippen LogP contribution < -0.4 is 0 Å². The van der Waals surface area contributed by atoms with E-state index in [0.717, 1.165) is 35.3 Å². The summed E-state index contributed by atoms with van der Waals surface area (Å²) in [5.74, 6) is 7.20. The Morgan fingerprint density at radius 3 is 3.00 bits per heavy atom. The Morgan fingerprint density at radius 2 is 2.20 bits per heavy atom. The van der Waals surface area contributed by atoms with Crippen LogP contribution in [0.1, 0.15) is 34.3 Å². The molecule has 0 saturated heterocycles. The summed E-state index contributed by atoms with van der Waals surface area (Å²) >= 11 is 4.11. The normalized spacial score (nSPS) is 13.3. The van der Waals surface area contributed by atoms with Crippen LogP contribution in [-0.4, -0.2) is 11.5 Å². The van der Waals surface area contributed by atoms with Crippen LogP contribution in [0.4, 0.5) is 0 Å². The van der Waals surface area contributed by atoms with E-state index in [1.165, 1.54) is 0 Å². The molecule has 0 unspecified atom stereocenters. The maximum absolute atomic E-state index is 11.5. The monoisotopic (exact) mass is 216 g/mol. The predicted octanol–water partition coefficient (Wildman–Crippen LogP) is 2.49. The second-order valence-electron chi connectivity index (χ2n) is 3.53. The third-order valence-corrected chi connectivity index (χ3v) is 2.76. The minimum Gasteiger partial charge on any atom is -0.294 e. The minimum atomic E-state index is 0.253. The van der Waals surface area contributed by atoms with Crippen molar-refractivity contribution in [3.05, 3.63) is 34.9 Å². The number of carbonyl (C=O) groups excluding carboxylic acids is 1. The van der Waals surface area contributed by atoms with Crippen molar-refractivity contribution in [3.63, 3.8) is 0 Å². The molecule has 1 aliphatic carbocycles. The lowest BCUT2D eigenvalue weighted by molar-refractivity contribution is 0.0994. The third-order valence-electron chi connectivity index (χ3n) is 2.54. The van der Waals surface area contributed by atoms with Gasteiger partial charge in [-0.25, -0.2) is 0 Å². The summed E-state index contributed by atoms with van der Waals surface area (Å²) in [6.07, 6.45) is 2.28. The summed E-state index contributed by atoms with van der Waals surface area (Å²) in [5.41, 5.74) is 3.02. The first kappa shape index (κ1) is 10.3. The van der Waals surface area contributed by atoms with Gasteiger partial charge in [-0.2, -0.15) is 12.6 Å². The number of rotatable bonds is 1. The quantitative estimate of drug-likeness (QED) is 0.564. The summed E-state index contributed by atoms with van der Waals surface area (Å²) in [7, 11) is 0. The van der Waals surface area contributed by atoms with E-state index in [2.05, 4.69) is 24.5 Å². The fourth-order valence-electron chi connectivity index (χ4n) is 1.82. The Morgan fingerprint density at radius 1 is 1.33 bits per heavy atom. The number of thiol groups is 1. The van der Waals surface area contributed by atoms with Gasteiger partial charge >= 0.3 is 0 Å². The molecule has 1 aromatic carbocycles. The fourth-order valence-corrected chi connectivity index (χ4v) is 1.93. The van der Waals surface area contributed by atoms with E-state index >= 15 is 0 Å². The third kappa shape index (κ3) is 2.08. The molecule has 2 heteroatoms. The molecular formula is C13H12OS. The first-order valence-electron chi connectivity index (χ1n) is 5.08. The molecule has 2 rings (SSSR count). The van der Waals surface area contributed by atoms with Crippen LogP contribution in [-0.2, 0) is 6.42 Å². The molecule has 0 N–H and O–H groups in total. The molecule has 0 radical (unpaired) electrons. The first-order chi connectivity index (χ1) is 7.33. The highest BCUT2D eigenvalue weighted by Gasteiger charge is 2.20. The first-order valence-corrected chi connectivity index (χ1v) is 5.71. The van der Waals surface area contributed by atoms with Gasteiger partial charge in [0.05, 0.1) is 0 Å². The predicted molar refractivity (Wildman–Crippen MR) is 64.4 cm³/mol. The van der Waals surface area contributed by atoms with E-state index < -0.39 is 0 Å². The van der Waals surface area contributed by atoms with Gasteiger partial charge in [-0.15, -0.1) is 0 Å². The average molecular weight is 216 g/mol. The number of ketones is 1. The van der Waals surface area contributed by atoms with Gasteiger partial charge < -0.3 is 0 Å². The van der Waals surface area contributed by atoms with Crippen molar-refractivity contribution in [1.29, 1.82) is 0 Å². The highest BCUT2D eigenvalue weighted by Crippen LogP contribution is 2.24. The molecule has 0 spiro atoms. The van der Waals surface area contributed by atoms with Crippen molar-refractivity contribution in [2.45, 2.75) is 19.3 Å². The molecule has 0 aromatic heterocycles. The zero-order valence-electron chi connectivity index (χ0n) is 8.42. The van der Waals surface area contributed by atoms with Crippen LogP contribution in [0.5, 0.6) is 0 Å². The van der Waals surface area contributed by atoms with E-state index in [4.69, 9.17) is 0 Å². The largest absolute Gasteiger partial charge is 0.294 e. The Bertz CT molecular complexity index is 451. The van der Waals surface area contributed by atoms with E-state index in [-0.39, 0.29) is 5.78 Å². The lowest BCUT2D eigenvalue weighted by Crippen LogP contribution is -1.92. The molecule has 0 fully saturated rings. The maximum Gasteiger partial charge on any atom is 0.163 e. The van der Waals surface area contributed by atoms with Crippen molar-refractivity contribution in [2.24, 2.45) is 0 Å². The van der Waals surface area contributed by atoms with Gasteiger partial charge in [0.2, 0.25) is 0 Å². The smallest absolute Gasteiger partial charge is 0.163 e. The Balaban J connectivity index is 2.35. The van der Waals surface area contributed by atoms with Crippen molar-refractivity contribution < 1.29 is 4.79 Å². The topological polar surface area (TPSA) is 17.1 Å². The van der Waals surface area contributed by atoms with Crippen molar-refractivity contribution in [1.82, 2.24) is 0 Å². The van der Waals surface area contributed by atoms with Crippen LogP contribution >= 0.6 is 12.6 Å². The summed E-state index contributed by atoms with van der Waals surface area (Å²) in [4.78, 5) is 11.5. The summed E-state index contributed by atoms with van der Waals surface area (Å²) in [6.45, 7) is 0. The van der Waals surface area contributed by atoms with Crippen molar-refractivity contribution >= 4 is 18.4 Å². The molecule has 1 nitrogen and oxygen atoms in total. The second kappa shape index (κ2) is 4.55. The summed E-state index contributed by atoms with van der Waals surface area (Å²) in [5, 5.41) is 0. The van der Waals surface area contributed by atoms with Crippen molar-refractivity contribution in [2.75, 3.05) is 5.75 Å². The summed E-state index contributed by atoms with van der Waals surface area (Å²) in [6, 6.07) is 5.80. The van der Waals surface area contributed by atoms with Gasteiger partial charge in [-0.05, 0) is 18.1 Å². The van der Waals surface area contributed by atoms with Crippen LogP contribution in [0.15, 0.2) is 18.2 Å². The molecule has 76 valence electrons. The molecule has 0 heterocycles. The number of Topliss-reactive ketones (excluding diaryl/α,β-unsaturated/α-hetero) is 1. The van der Waals surface area contributed by atoms with E-state index in [1.54, 1.807) is 0 Å². The van der Waals surface area contributed by atoms with Crippen LogP contribution in [0.2, 0.25) is 0 Å². The molecular weight excluding hydrogens is 204 g/mol. The summed E-state index contributed by atoms with van der Waals surface area (Å²) < 4.78 is 0. The Hall–Kier alpha value is -1.20. The van der Waals surface area contributed by atoms with Gasteiger partial charge in [-0.3, -0.25) is 4.79 Å². The van der Waals surface area contributed by atoms with Crippen molar-refractivity contribution in [3.8, 4) is 11.8 Å². The zero-order chi connectivity index (χ0) is 10.7. The molecule has 15 heavy (non-hydrogen) atoms. The Labute approximate surface area is 95.3 Å².